The molecule has 0 aliphatic rings. The summed E-state index contributed by atoms with van der Waals surface area (Å²) in [5.41, 5.74) is 2.68. The largest absolute Gasteiger partial charge is 0.496 e. The van der Waals surface area contributed by atoms with Crippen LogP contribution in [0, 0.1) is 0 Å². The van der Waals surface area contributed by atoms with Crippen LogP contribution in [0.2, 0.25) is 0 Å². The summed E-state index contributed by atoms with van der Waals surface area (Å²) in [5, 5.41) is 3.42. The molecule has 0 atom stereocenters. The van der Waals surface area contributed by atoms with Crippen molar-refractivity contribution in [2.75, 3.05) is 20.2 Å². The fourth-order valence-corrected chi connectivity index (χ4v) is 2.16. The number of nitrogens with one attached hydrogen (secondary N) is 1. The van der Waals surface area contributed by atoms with Gasteiger partial charge in [0.15, 0.2) is 0 Å². The number of rotatable bonds is 6. The van der Waals surface area contributed by atoms with E-state index in [4.69, 9.17) is 4.74 Å². The third kappa shape index (κ3) is 3.49. The van der Waals surface area contributed by atoms with E-state index in [0.717, 1.165) is 18.8 Å². The van der Waals surface area contributed by atoms with Crippen LogP contribution >= 0.6 is 0 Å². The van der Waals surface area contributed by atoms with E-state index in [2.05, 4.69) is 58.1 Å². The zero-order chi connectivity index (χ0) is 13.8. The highest BCUT2D eigenvalue weighted by molar-refractivity contribution is 5.43. The van der Waals surface area contributed by atoms with Gasteiger partial charge in [0.05, 0.1) is 7.11 Å². The molecule has 0 aliphatic carbocycles. The Morgan fingerprint density at radius 2 is 1.94 bits per heavy atom. The van der Waals surface area contributed by atoms with Crippen LogP contribution in [0.4, 0.5) is 0 Å². The standard InChI is InChI=1S/C16H27NO/c1-7-17-11-16(4,5)14-9-8-13(12(2)3)10-15(14)18-6/h8-10,12,17H,7,11H2,1-6H3. The molecule has 0 saturated carbocycles. The molecule has 2 heteroatoms. The Balaban J connectivity index is 3.08. The predicted octanol–water partition coefficient (Wildman–Crippen LogP) is 3.71. The molecule has 0 aromatic heterocycles. The molecule has 1 aromatic carbocycles. The molecule has 1 N–H and O–H groups in total. The van der Waals surface area contributed by atoms with Gasteiger partial charge in [-0.05, 0) is 24.1 Å². The van der Waals surface area contributed by atoms with E-state index >= 15 is 0 Å². The average molecular weight is 249 g/mol. The lowest BCUT2D eigenvalue weighted by atomic mass is 9.82. The second kappa shape index (κ2) is 6.24. The highest BCUT2D eigenvalue weighted by Gasteiger charge is 2.24. The topological polar surface area (TPSA) is 21.3 Å². The Bertz CT molecular complexity index is 383. The second-order valence-electron chi connectivity index (χ2n) is 5.78. The number of ether oxygens (including phenoxy) is 1. The smallest absolute Gasteiger partial charge is 0.122 e. The Morgan fingerprint density at radius 3 is 2.44 bits per heavy atom. The molecular weight excluding hydrogens is 222 g/mol. The van der Waals surface area contributed by atoms with Gasteiger partial charge in [0.25, 0.3) is 0 Å². The summed E-state index contributed by atoms with van der Waals surface area (Å²) in [5.74, 6) is 1.54. The number of hydrogen-bond donors (Lipinski definition) is 1. The van der Waals surface area contributed by atoms with E-state index in [1.165, 1.54) is 11.1 Å². The zero-order valence-corrected chi connectivity index (χ0v) is 12.6. The van der Waals surface area contributed by atoms with Crippen LogP contribution in [-0.2, 0) is 5.41 Å². The molecule has 1 aromatic rings. The van der Waals surface area contributed by atoms with Crippen LogP contribution in [0.3, 0.4) is 0 Å². The van der Waals surface area contributed by atoms with Crippen molar-refractivity contribution in [2.45, 2.75) is 46.0 Å². The Labute approximate surface area is 112 Å². The molecular formula is C16H27NO. The molecule has 0 saturated heterocycles. The van der Waals surface area contributed by atoms with Crippen LogP contribution in [-0.4, -0.2) is 20.2 Å². The van der Waals surface area contributed by atoms with Crippen LogP contribution in [0.15, 0.2) is 18.2 Å². The lowest BCUT2D eigenvalue weighted by Gasteiger charge is -2.28. The average Bonchev–Trinajstić information content (AvgIpc) is 2.35. The minimum absolute atomic E-state index is 0.0802. The number of hydrogen-bond acceptors (Lipinski definition) is 2. The van der Waals surface area contributed by atoms with Gasteiger partial charge in [-0.1, -0.05) is 46.8 Å². The van der Waals surface area contributed by atoms with E-state index in [1.807, 2.05) is 0 Å². The highest BCUT2D eigenvalue weighted by Crippen LogP contribution is 2.33. The lowest BCUT2D eigenvalue weighted by molar-refractivity contribution is 0.386. The van der Waals surface area contributed by atoms with Gasteiger partial charge in [0, 0.05) is 17.5 Å². The Morgan fingerprint density at radius 1 is 1.28 bits per heavy atom. The first-order valence-corrected chi connectivity index (χ1v) is 6.81. The van der Waals surface area contributed by atoms with Gasteiger partial charge in [-0.2, -0.15) is 0 Å². The molecule has 2 nitrogen and oxygen atoms in total. The molecule has 0 aliphatic heterocycles. The molecule has 1 rings (SSSR count). The van der Waals surface area contributed by atoms with Gasteiger partial charge in [0.2, 0.25) is 0 Å². The SMILES string of the molecule is CCNCC(C)(C)c1ccc(C(C)C)cc1OC. The minimum Gasteiger partial charge on any atom is -0.496 e. The van der Waals surface area contributed by atoms with Gasteiger partial charge >= 0.3 is 0 Å². The first kappa shape index (κ1) is 15.0. The molecule has 0 unspecified atom stereocenters. The van der Waals surface area contributed by atoms with Crippen LogP contribution < -0.4 is 10.1 Å². The van der Waals surface area contributed by atoms with Crippen LogP contribution in [0.5, 0.6) is 5.75 Å². The minimum atomic E-state index is 0.0802. The van der Waals surface area contributed by atoms with E-state index < -0.39 is 0 Å². The van der Waals surface area contributed by atoms with Crippen LogP contribution in [0.1, 0.15) is 51.7 Å². The normalized spacial score (nSPS) is 11.9. The molecule has 0 radical (unpaired) electrons. The van der Waals surface area contributed by atoms with Crippen LogP contribution in [0.25, 0.3) is 0 Å². The van der Waals surface area contributed by atoms with Crippen molar-refractivity contribution in [3.05, 3.63) is 29.3 Å². The monoisotopic (exact) mass is 249 g/mol. The summed E-state index contributed by atoms with van der Waals surface area (Å²) in [7, 11) is 1.76. The van der Waals surface area contributed by atoms with E-state index in [0.29, 0.717) is 5.92 Å². The molecule has 0 spiro atoms. The fraction of sp³-hybridized carbons (Fsp3) is 0.625. The third-order valence-corrected chi connectivity index (χ3v) is 3.44. The summed E-state index contributed by atoms with van der Waals surface area (Å²) >= 11 is 0. The molecule has 0 heterocycles. The summed E-state index contributed by atoms with van der Waals surface area (Å²) in [6.45, 7) is 13.0. The van der Waals surface area contributed by atoms with Crippen molar-refractivity contribution in [2.24, 2.45) is 0 Å². The highest BCUT2D eigenvalue weighted by atomic mass is 16.5. The Hall–Kier alpha value is -1.02. The van der Waals surface area contributed by atoms with E-state index in [-0.39, 0.29) is 5.41 Å². The molecule has 0 bridgehead atoms. The maximum absolute atomic E-state index is 5.57. The van der Waals surface area contributed by atoms with E-state index in [1.54, 1.807) is 7.11 Å². The molecule has 0 fully saturated rings. The zero-order valence-electron chi connectivity index (χ0n) is 12.6. The molecule has 0 amide bonds. The summed E-state index contributed by atoms with van der Waals surface area (Å²) in [6, 6.07) is 6.61. The Kier molecular flexibility index (Phi) is 5.21. The van der Waals surface area contributed by atoms with Gasteiger partial charge in [-0.25, -0.2) is 0 Å². The summed E-state index contributed by atoms with van der Waals surface area (Å²) < 4.78 is 5.57. The second-order valence-corrected chi connectivity index (χ2v) is 5.78. The van der Waals surface area contributed by atoms with Gasteiger partial charge in [-0.3, -0.25) is 0 Å². The van der Waals surface area contributed by atoms with Crippen molar-refractivity contribution in [3.63, 3.8) is 0 Å². The van der Waals surface area contributed by atoms with Crippen molar-refractivity contribution in [1.82, 2.24) is 5.32 Å². The van der Waals surface area contributed by atoms with Crippen molar-refractivity contribution in [3.8, 4) is 5.75 Å². The predicted molar refractivity (Wildman–Crippen MR) is 78.7 cm³/mol. The van der Waals surface area contributed by atoms with E-state index in [9.17, 15) is 0 Å². The van der Waals surface area contributed by atoms with Crippen molar-refractivity contribution >= 4 is 0 Å². The maximum Gasteiger partial charge on any atom is 0.122 e. The van der Waals surface area contributed by atoms with Gasteiger partial charge in [-0.15, -0.1) is 0 Å². The number of methoxy groups -OCH3 is 1. The summed E-state index contributed by atoms with van der Waals surface area (Å²) in [4.78, 5) is 0. The number of likely N-dealkylation sites (N-methyl/N-ethyl adjacent to an activating group) is 1. The third-order valence-electron chi connectivity index (χ3n) is 3.44. The van der Waals surface area contributed by atoms with Gasteiger partial charge < -0.3 is 10.1 Å². The lowest BCUT2D eigenvalue weighted by Crippen LogP contribution is -2.33. The fourth-order valence-electron chi connectivity index (χ4n) is 2.16. The number of benzene rings is 1. The first-order chi connectivity index (χ1) is 8.42. The van der Waals surface area contributed by atoms with Gasteiger partial charge in [0.1, 0.15) is 5.75 Å². The van der Waals surface area contributed by atoms with Crippen molar-refractivity contribution in [1.29, 1.82) is 0 Å². The summed E-state index contributed by atoms with van der Waals surface area (Å²) in [6.07, 6.45) is 0. The first-order valence-electron chi connectivity index (χ1n) is 6.81. The molecule has 102 valence electrons. The van der Waals surface area contributed by atoms with Crippen molar-refractivity contribution < 1.29 is 4.74 Å². The maximum atomic E-state index is 5.57. The quantitative estimate of drug-likeness (QED) is 0.830. The molecule has 18 heavy (non-hydrogen) atoms.